The van der Waals surface area contributed by atoms with Gasteiger partial charge in [-0.3, -0.25) is 9.59 Å². The number of hydrogen-bond donors (Lipinski definition) is 4. The van der Waals surface area contributed by atoms with E-state index in [1.54, 1.807) is 30.3 Å². The molecule has 13 heteroatoms. The molecule has 1 heterocycles. The molecule has 206 valence electrons. The molecule has 1 aromatic heterocycles. The second kappa shape index (κ2) is 11.3. The molecule has 10 nitrogen and oxygen atoms in total. The number of aliphatic carboxylic acids is 2. The first-order chi connectivity index (χ1) is 18.9. The van der Waals surface area contributed by atoms with Gasteiger partial charge in [0.05, 0.1) is 16.8 Å². The van der Waals surface area contributed by atoms with Crippen LogP contribution in [0, 0.1) is 0 Å². The van der Waals surface area contributed by atoms with E-state index in [2.05, 4.69) is 15.3 Å². The number of hydrogen-bond acceptors (Lipinski definition) is 7. The zero-order chi connectivity index (χ0) is 29.0. The Hall–Kier alpha value is -5.20. The molecule has 0 radical (unpaired) electrons. The summed E-state index contributed by atoms with van der Waals surface area (Å²) in [6, 6.07) is 14.7. The number of anilines is 1. The summed E-state index contributed by atoms with van der Waals surface area (Å²) in [5.41, 5.74) is 4.92. The van der Waals surface area contributed by atoms with E-state index in [0.29, 0.717) is 5.56 Å². The maximum absolute atomic E-state index is 13.4. The lowest BCUT2D eigenvalue weighted by Crippen LogP contribution is -2.41. The molecule has 3 aromatic carbocycles. The molecule has 0 bridgehead atoms. The average Bonchev–Trinajstić information content (AvgIpc) is 2.91. The summed E-state index contributed by atoms with van der Waals surface area (Å²) in [6.07, 6.45) is -5.46. The van der Waals surface area contributed by atoms with Crippen LogP contribution < -0.4 is 15.8 Å². The van der Waals surface area contributed by atoms with Crippen molar-refractivity contribution in [3.63, 3.8) is 0 Å². The molecule has 0 unspecified atom stereocenters. The normalized spacial score (nSPS) is 12.1. The van der Waals surface area contributed by atoms with Crippen molar-refractivity contribution in [1.29, 1.82) is 0 Å². The number of fused-ring (bicyclic) bond motifs is 1. The predicted octanol–water partition coefficient (Wildman–Crippen LogP) is 4.74. The van der Waals surface area contributed by atoms with E-state index in [-0.39, 0.29) is 40.3 Å². The van der Waals surface area contributed by atoms with Gasteiger partial charge in [0.1, 0.15) is 23.0 Å². The first kappa shape index (κ1) is 27.8. The summed E-state index contributed by atoms with van der Waals surface area (Å²) in [5, 5.41) is 20.3. The van der Waals surface area contributed by atoms with Crippen LogP contribution >= 0.6 is 0 Å². The van der Waals surface area contributed by atoms with E-state index in [4.69, 9.17) is 15.6 Å². The van der Waals surface area contributed by atoms with E-state index in [1.165, 1.54) is 30.3 Å². The smallest absolute Gasteiger partial charge is 0.418 e. The molecule has 0 fully saturated rings. The summed E-state index contributed by atoms with van der Waals surface area (Å²) in [6.45, 7) is 0. The molecular formula is C27H21F3N4O6. The van der Waals surface area contributed by atoms with Crippen molar-refractivity contribution in [2.75, 3.05) is 5.73 Å². The predicted molar refractivity (Wildman–Crippen MR) is 137 cm³/mol. The topological polar surface area (TPSA) is 165 Å². The summed E-state index contributed by atoms with van der Waals surface area (Å²) in [5.74, 6) is -3.33. The minimum absolute atomic E-state index is 0.0564. The summed E-state index contributed by atoms with van der Waals surface area (Å²) in [4.78, 5) is 43.4. The summed E-state index contributed by atoms with van der Waals surface area (Å²) in [7, 11) is 0. The third-order valence-electron chi connectivity index (χ3n) is 5.78. The first-order valence-electron chi connectivity index (χ1n) is 11.7. The van der Waals surface area contributed by atoms with Gasteiger partial charge in [-0.15, -0.1) is 0 Å². The molecule has 4 rings (SSSR count). The van der Waals surface area contributed by atoms with Crippen LogP contribution in [0.3, 0.4) is 0 Å². The van der Waals surface area contributed by atoms with Gasteiger partial charge in [-0.1, -0.05) is 30.3 Å². The van der Waals surface area contributed by atoms with Gasteiger partial charge in [-0.25, -0.2) is 14.8 Å². The highest BCUT2D eigenvalue weighted by molar-refractivity contribution is 5.97. The molecule has 40 heavy (non-hydrogen) atoms. The Morgan fingerprint density at radius 1 is 0.950 bits per heavy atom. The van der Waals surface area contributed by atoms with Gasteiger partial charge in [-0.05, 0) is 42.8 Å². The number of carbonyl (C=O) groups excluding carboxylic acids is 1. The van der Waals surface area contributed by atoms with Crippen LogP contribution in [0.2, 0.25) is 0 Å². The van der Waals surface area contributed by atoms with Crippen molar-refractivity contribution in [1.82, 2.24) is 15.3 Å². The number of benzene rings is 3. The van der Waals surface area contributed by atoms with Crippen molar-refractivity contribution in [3.8, 4) is 22.9 Å². The Labute approximate surface area is 224 Å². The fourth-order valence-electron chi connectivity index (χ4n) is 3.78. The van der Waals surface area contributed by atoms with Crippen molar-refractivity contribution in [3.05, 3.63) is 77.9 Å². The highest BCUT2D eigenvalue weighted by Gasteiger charge is 2.34. The van der Waals surface area contributed by atoms with Crippen LogP contribution in [0.25, 0.3) is 22.3 Å². The molecule has 0 aliphatic carbocycles. The SMILES string of the molecule is Nc1c(C(F)(F)F)ccc2nc(-c3ccccc3)c(Oc3ccc(C(=O)N[C@@H](CCC(=O)O)C(=O)O)cc3)nc12. The number of nitrogens with one attached hydrogen (secondary N) is 1. The largest absolute Gasteiger partial charge is 0.481 e. The fourth-order valence-corrected chi connectivity index (χ4v) is 3.78. The van der Waals surface area contributed by atoms with Crippen LogP contribution in [0.1, 0.15) is 28.8 Å². The van der Waals surface area contributed by atoms with Gasteiger partial charge in [-0.2, -0.15) is 13.2 Å². The van der Waals surface area contributed by atoms with E-state index >= 15 is 0 Å². The lowest BCUT2D eigenvalue weighted by molar-refractivity contribution is -0.140. The van der Waals surface area contributed by atoms with Crippen LogP contribution in [-0.2, 0) is 15.8 Å². The number of rotatable bonds is 9. The number of ether oxygens (including phenoxy) is 1. The molecule has 1 amide bonds. The lowest BCUT2D eigenvalue weighted by Gasteiger charge is -2.15. The minimum Gasteiger partial charge on any atom is -0.481 e. The van der Waals surface area contributed by atoms with Crippen LogP contribution in [-0.4, -0.2) is 44.1 Å². The molecular weight excluding hydrogens is 533 g/mol. The molecule has 1 atom stereocenters. The average molecular weight is 554 g/mol. The molecule has 0 saturated carbocycles. The summed E-state index contributed by atoms with van der Waals surface area (Å²) < 4.78 is 46.1. The van der Waals surface area contributed by atoms with Crippen molar-refractivity contribution < 1.29 is 42.5 Å². The van der Waals surface area contributed by atoms with Crippen LogP contribution in [0.4, 0.5) is 18.9 Å². The minimum atomic E-state index is -4.71. The van der Waals surface area contributed by atoms with Gasteiger partial charge in [0.25, 0.3) is 5.91 Å². The Bertz CT molecular complexity index is 1580. The lowest BCUT2D eigenvalue weighted by atomic mass is 10.1. The van der Waals surface area contributed by atoms with Gasteiger partial charge in [0.2, 0.25) is 5.88 Å². The van der Waals surface area contributed by atoms with Crippen molar-refractivity contribution >= 4 is 34.6 Å². The second-order valence-electron chi connectivity index (χ2n) is 8.56. The van der Waals surface area contributed by atoms with Gasteiger partial charge < -0.3 is 26.0 Å². The Balaban J connectivity index is 1.66. The quantitative estimate of drug-likeness (QED) is 0.214. The monoisotopic (exact) mass is 554 g/mol. The standard InChI is InChI=1S/C27H21F3N4O6/c28-27(29,30)17-10-11-18-23(21(17)31)34-25(22(32-18)14-4-2-1-3-5-14)40-16-8-6-15(7-9-16)24(37)33-19(26(38)39)12-13-20(35)36/h1-11,19H,12-13,31H2,(H,33,37)(H,35,36)(H,38,39)/t19-/m0/s1. The first-order valence-corrected chi connectivity index (χ1v) is 11.7. The fraction of sp³-hybridized carbons (Fsp3) is 0.148. The molecule has 0 saturated heterocycles. The van der Waals surface area contributed by atoms with Gasteiger partial charge in [0.15, 0.2) is 0 Å². The number of halogens is 3. The highest BCUT2D eigenvalue weighted by atomic mass is 19.4. The third-order valence-corrected chi connectivity index (χ3v) is 5.78. The van der Waals surface area contributed by atoms with Crippen molar-refractivity contribution in [2.24, 2.45) is 0 Å². The van der Waals surface area contributed by atoms with Gasteiger partial charge in [0, 0.05) is 17.5 Å². The number of carboxylic acid groups (broad SMARTS) is 2. The maximum Gasteiger partial charge on any atom is 0.418 e. The molecule has 0 aliphatic rings. The number of nitrogens with two attached hydrogens (primary N) is 1. The molecule has 5 N–H and O–H groups in total. The second-order valence-corrected chi connectivity index (χ2v) is 8.56. The maximum atomic E-state index is 13.4. The number of nitrogens with zero attached hydrogens (tertiary/aromatic N) is 2. The molecule has 4 aromatic rings. The number of aromatic nitrogens is 2. The zero-order valence-electron chi connectivity index (χ0n) is 20.5. The highest BCUT2D eigenvalue weighted by Crippen LogP contribution is 2.39. The number of carboxylic acids is 2. The molecule has 0 aliphatic heterocycles. The molecule has 0 spiro atoms. The van der Waals surface area contributed by atoms with Crippen LogP contribution in [0.15, 0.2) is 66.7 Å². The van der Waals surface area contributed by atoms with Crippen LogP contribution in [0.5, 0.6) is 11.6 Å². The van der Waals surface area contributed by atoms with Gasteiger partial charge >= 0.3 is 18.1 Å². The number of nitrogen functional groups attached to an aromatic ring is 1. The number of amides is 1. The number of carbonyl (C=O) groups is 3. The third kappa shape index (κ3) is 6.26. The van der Waals surface area contributed by atoms with E-state index in [1.807, 2.05) is 0 Å². The van der Waals surface area contributed by atoms with E-state index in [9.17, 15) is 32.7 Å². The number of alkyl halides is 3. The van der Waals surface area contributed by atoms with E-state index in [0.717, 1.165) is 6.07 Å². The van der Waals surface area contributed by atoms with E-state index < -0.39 is 47.7 Å². The summed E-state index contributed by atoms with van der Waals surface area (Å²) >= 11 is 0. The Morgan fingerprint density at radius 2 is 1.62 bits per heavy atom. The Kier molecular flexibility index (Phi) is 7.84. The zero-order valence-corrected chi connectivity index (χ0v) is 20.5. The Morgan fingerprint density at radius 3 is 2.23 bits per heavy atom. The van der Waals surface area contributed by atoms with Crippen molar-refractivity contribution in [2.45, 2.75) is 25.1 Å².